The van der Waals surface area contributed by atoms with Gasteiger partial charge in [-0.15, -0.1) is 8.42 Å². The molecule has 2 atom stereocenters. The normalized spacial score (nSPS) is 20.0. The van der Waals surface area contributed by atoms with Gasteiger partial charge in [0.15, 0.2) is 0 Å². The molecule has 0 aromatic heterocycles. The SMILES string of the molecule is CC[S+](C)(=O)CCCC[S+](C)(=O)CC. The quantitative estimate of drug-likeness (QED) is 0.504. The van der Waals surface area contributed by atoms with Crippen LogP contribution in [0.1, 0.15) is 26.7 Å². The predicted molar refractivity (Wildman–Crippen MR) is 68.0 cm³/mol. The Morgan fingerprint density at radius 1 is 0.786 bits per heavy atom. The van der Waals surface area contributed by atoms with Gasteiger partial charge in [-0.3, -0.25) is 0 Å². The van der Waals surface area contributed by atoms with Crippen molar-refractivity contribution in [2.75, 3.05) is 35.5 Å². The van der Waals surface area contributed by atoms with Gasteiger partial charge in [-0.1, -0.05) is 0 Å². The van der Waals surface area contributed by atoms with Gasteiger partial charge >= 0.3 is 0 Å². The molecule has 0 saturated carbocycles. The summed E-state index contributed by atoms with van der Waals surface area (Å²) in [5, 5.41) is 0. The number of rotatable bonds is 7. The van der Waals surface area contributed by atoms with E-state index in [1.54, 1.807) is 0 Å². The van der Waals surface area contributed by atoms with Crippen LogP contribution in [0.5, 0.6) is 0 Å². The molecule has 0 spiro atoms. The van der Waals surface area contributed by atoms with E-state index in [1.165, 1.54) is 0 Å². The third kappa shape index (κ3) is 6.71. The van der Waals surface area contributed by atoms with Crippen molar-refractivity contribution in [1.29, 1.82) is 0 Å². The van der Waals surface area contributed by atoms with Crippen LogP contribution in [-0.4, -0.2) is 35.5 Å². The summed E-state index contributed by atoms with van der Waals surface area (Å²) in [4.78, 5) is 0. The molecule has 4 heteroatoms. The fourth-order valence-electron chi connectivity index (χ4n) is 1.10. The van der Waals surface area contributed by atoms with Crippen molar-refractivity contribution in [2.24, 2.45) is 0 Å². The monoisotopic (exact) mass is 240 g/mol. The van der Waals surface area contributed by atoms with Gasteiger partial charge in [-0.05, 0) is 26.7 Å². The van der Waals surface area contributed by atoms with Crippen molar-refractivity contribution in [2.45, 2.75) is 26.7 Å². The van der Waals surface area contributed by atoms with Crippen molar-refractivity contribution in [3.63, 3.8) is 0 Å². The first-order chi connectivity index (χ1) is 6.33. The molecule has 0 saturated heterocycles. The molecule has 0 radical (unpaired) electrons. The largest absolute Gasteiger partial charge is 0.112 e. The molecule has 0 N–H and O–H groups in total. The van der Waals surface area contributed by atoms with E-state index >= 15 is 0 Å². The van der Waals surface area contributed by atoms with Crippen LogP contribution in [0.25, 0.3) is 0 Å². The number of unbranched alkanes of at least 4 members (excludes halogenated alkanes) is 1. The average Bonchev–Trinajstić information content (AvgIpc) is 2.13. The fraction of sp³-hybridized carbons (Fsp3) is 1.00. The van der Waals surface area contributed by atoms with Gasteiger partial charge in [0.25, 0.3) is 0 Å². The van der Waals surface area contributed by atoms with E-state index in [2.05, 4.69) is 0 Å². The average molecular weight is 240 g/mol. The molecule has 0 aliphatic rings. The minimum atomic E-state index is -1.59. The summed E-state index contributed by atoms with van der Waals surface area (Å²) in [6.07, 6.45) is 5.59. The van der Waals surface area contributed by atoms with E-state index < -0.39 is 19.9 Å². The van der Waals surface area contributed by atoms with Crippen LogP contribution in [0.2, 0.25) is 0 Å². The third-order valence-electron chi connectivity index (χ3n) is 2.62. The number of hydrogen-bond donors (Lipinski definition) is 0. The van der Waals surface area contributed by atoms with Crippen molar-refractivity contribution >= 4 is 19.9 Å². The van der Waals surface area contributed by atoms with Gasteiger partial charge in [0, 0.05) is 0 Å². The smallest absolute Gasteiger partial charge is 0.106 e. The van der Waals surface area contributed by atoms with Crippen LogP contribution in [-0.2, 0) is 28.3 Å². The van der Waals surface area contributed by atoms with E-state index in [9.17, 15) is 8.42 Å². The van der Waals surface area contributed by atoms with E-state index in [0.717, 1.165) is 35.9 Å². The minimum absolute atomic E-state index is 0.766. The van der Waals surface area contributed by atoms with Crippen LogP contribution in [0.4, 0.5) is 0 Å². The Morgan fingerprint density at radius 2 is 1.07 bits per heavy atom. The molecule has 0 aromatic carbocycles. The summed E-state index contributed by atoms with van der Waals surface area (Å²) in [5.74, 6) is 3.12. The van der Waals surface area contributed by atoms with Crippen molar-refractivity contribution in [1.82, 2.24) is 0 Å². The van der Waals surface area contributed by atoms with Crippen molar-refractivity contribution in [3.05, 3.63) is 0 Å². The molecule has 2 nitrogen and oxygen atoms in total. The van der Waals surface area contributed by atoms with E-state index in [-0.39, 0.29) is 0 Å². The molecule has 0 aromatic rings. The van der Waals surface area contributed by atoms with Crippen LogP contribution in [0.3, 0.4) is 0 Å². The summed E-state index contributed by atoms with van der Waals surface area (Å²) in [6, 6.07) is 0. The lowest BCUT2D eigenvalue weighted by molar-refractivity contribution is 0.582. The highest BCUT2D eigenvalue weighted by atomic mass is 32.2. The van der Waals surface area contributed by atoms with Gasteiger partial charge in [0.2, 0.25) is 0 Å². The highest BCUT2D eigenvalue weighted by Crippen LogP contribution is 2.08. The Balaban J connectivity index is 3.68. The number of hydrogen-bond acceptors (Lipinski definition) is 2. The summed E-state index contributed by atoms with van der Waals surface area (Å²) in [6.45, 7) is 3.94. The summed E-state index contributed by atoms with van der Waals surface area (Å²) < 4.78 is 23.4. The van der Waals surface area contributed by atoms with E-state index in [1.807, 2.05) is 26.4 Å². The lowest BCUT2D eigenvalue weighted by Gasteiger charge is -2.06. The van der Waals surface area contributed by atoms with Gasteiger partial charge < -0.3 is 0 Å². The third-order valence-corrected chi connectivity index (χ3v) is 7.37. The van der Waals surface area contributed by atoms with E-state index in [0.29, 0.717) is 0 Å². The molecule has 0 aliphatic heterocycles. The topological polar surface area (TPSA) is 34.1 Å². The first-order valence-electron chi connectivity index (χ1n) is 5.22. The highest BCUT2D eigenvalue weighted by Gasteiger charge is 2.20. The second kappa shape index (κ2) is 6.01. The summed E-state index contributed by atoms with van der Waals surface area (Å²) >= 11 is 0. The Bertz CT molecular complexity index is 223. The zero-order valence-electron chi connectivity index (χ0n) is 9.88. The standard InChI is InChI=1S/C10H24O2S2/c1-5-13(3,11)9-7-8-10-14(4,12)6-2/h5-10H2,1-4H3/q+2. The fourth-order valence-corrected chi connectivity index (χ4v) is 3.31. The molecule has 0 amide bonds. The first-order valence-corrected chi connectivity index (χ1v) is 9.83. The lowest BCUT2D eigenvalue weighted by Crippen LogP contribution is -2.19. The zero-order chi connectivity index (χ0) is 11.2. The lowest BCUT2D eigenvalue weighted by atomic mass is 10.4. The minimum Gasteiger partial charge on any atom is -0.106 e. The molecule has 0 bridgehead atoms. The van der Waals surface area contributed by atoms with Gasteiger partial charge in [-0.25, -0.2) is 0 Å². The zero-order valence-corrected chi connectivity index (χ0v) is 11.5. The summed E-state index contributed by atoms with van der Waals surface area (Å²) in [7, 11) is -3.17. The van der Waals surface area contributed by atoms with Crippen LogP contribution < -0.4 is 0 Å². The van der Waals surface area contributed by atoms with Gasteiger partial charge in [0.05, 0.1) is 19.9 Å². The second-order valence-electron chi connectivity index (χ2n) is 4.06. The van der Waals surface area contributed by atoms with E-state index in [4.69, 9.17) is 0 Å². The molecule has 14 heavy (non-hydrogen) atoms. The Hall–Kier alpha value is 0.300. The molecular weight excluding hydrogens is 216 g/mol. The highest BCUT2D eigenvalue weighted by molar-refractivity contribution is 8.02. The molecule has 0 heterocycles. The van der Waals surface area contributed by atoms with Crippen molar-refractivity contribution < 1.29 is 8.42 Å². The second-order valence-corrected chi connectivity index (χ2v) is 10.8. The maximum Gasteiger partial charge on any atom is 0.112 e. The van der Waals surface area contributed by atoms with Crippen LogP contribution in [0.15, 0.2) is 0 Å². The Morgan fingerprint density at radius 3 is 1.29 bits per heavy atom. The first kappa shape index (κ1) is 14.3. The summed E-state index contributed by atoms with van der Waals surface area (Å²) in [5.41, 5.74) is 0. The van der Waals surface area contributed by atoms with Crippen molar-refractivity contribution in [3.8, 4) is 0 Å². The molecule has 2 unspecified atom stereocenters. The van der Waals surface area contributed by atoms with Gasteiger partial charge in [-0.2, -0.15) is 0 Å². The predicted octanol–water partition coefficient (Wildman–Crippen LogP) is 2.06. The van der Waals surface area contributed by atoms with Crippen LogP contribution >= 0.6 is 0 Å². The maximum atomic E-state index is 11.7. The van der Waals surface area contributed by atoms with Crippen LogP contribution in [0, 0.1) is 0 Å². The molecule has 0 rings (SSSR count). The van der Waals surface area contributed by atoms with Gasteiger partial charge in [0.1, 0.15) is 35.5 Å². The molecular formula is C10H24O2S2+2. The molecule has 86 valence electrons. The molecule has 0 fully saturated rings. The molecule has 0 aliphatic carbocycles. The maximum absolute atomic E-state index is 11.7. The Kier molecular flexibility index (Phi) is 6.14. The Labute approximate surface area is 90.7 Å².